The Bertz CT molecular complexity index is 619. The minimum Gasteiger partial charge on any atom is -0.493 e. The van der Waals surface area contributed by atoms with Gasteiger partial charge >= 0.3 is 0 Å². The number of para-hydroxylation sites is 1. The fourth-order valence-corrected chi connectivity index (χ4v) is 3.22. The van der Waals surface area contributed by atoms with Gasteiger partial charge in [0, 0.05) is 11.1 Å². The van der Waals surface area contributed by atoms with Gasteiger partial charge in [-0.25, -0.2) is 0 Å². The van der Waals surface area contributed by atoms with E-state index in [1.807, 2.05) is 30.3 Å². The van der Waals surface area contributed by atoms with E-state index in [1.165, 1.54) is 12.8 Å². The normalized spacial score (nSPS) is 16.5. The van der Waals surface area contributed by atoms with Crippen molar-refractivity contribution in [2.75, 3.05) is 7.11 Å². The van der Waals surface area contributed by atoms with Gasteiger partial charge in [0.05, 0.1) is 7.11 Å². The summed E-state index contributed by atoms with van der Waals surface area (Å²) in [5, 5.41) is 0. The number of hydrogen-bond donors (Lipinski definition) is 1. The molecule has 3 nitrogen and oxygen atoms in total. The lowest BCUT2D eigenvalue weighted by Crippen LogP contribution is -2.33. The van der Waals surface area contributed by atoms with Crippen LogP contribution in [0.4, 0.5) is 0 Å². The van der Waals surface area contributed by atoms with Crippen LogP contribution in [-0.4, -0.2) is 7.11 Å². The number of benzene rings is 2. The largest absolute Gasteiger partial charge is 0.493 e. The number of methoxy groups -OCH3 is 1. The summed E-state index contributed by atoms with van der Waals surface area (Å²) in [5.41, 5.74) is 8.55. The van der Waals surface area contributed by atoms with Crippen molar-refractivity contribution < 1.29 is 9.47 Å². The third kappa shape index (κ3) is 2.95. The van der Waals surface area contributed by atoms with Crippen LogP contribution < -0.4 is 15.2 Å². The summed E-state index contributed by atoms with van der Waals surface area (Å²) in [6.07, 6.45) is 4.35. The van der Waals surface area contributed by atoms with Crippen molar-refractivity contribution in [3.8, 4) is 11.5 Å². The fraction of sp³-hybridized carbons (Fsp3) is 0.368. The van der Waals surface area contributed by atoms with Gasteiger partial charge in [0.2, 0.25) is 0 Å². The Morgan fingerprint density at radius 3 is 2.41 bits per heavy atom. The first-order chi connectivity index (χ1) is 10.7. The van der Waals surface area contributed by atoms with Gasteiger partial charge in [-0.3, -0.25) is 0 Å². The van der Waals surface area contributed by atoms with Gasteiger partial charge in [0.1, 0.15) is 6.61 Å². The van der Waals surface area contributed by atoms with Gasteiger partial charge in [-0.1, -0.05) is 55.3 Å². The first-order valence-electron chi connectivity index (χ1n) is 7.86. The molecular weight excluding hydrogens is 274 g/mol. The molecule has 0 atom stereocenters. The van der Waals surface area contributed by atoms with Gasteiger partial charge in [0.15, 0.2) is 11.5 Å². The van der Waals surface area contributed by atoms with E-state index in [9.17, 15) is 0 Å². The Balaban J connectivity index is 1.90. The van der Waals surface area contributed by atoms with Gasteiger partial charge in [-0.2, -0.15) is 0 Å². The number of hydrogen-bond acceptors (Lipinski definition) is 3. The number of nitrogens with two attached hydrogens (primary N) is 1. The zero-order chi connectivity index (χ0) is 15.4. The second-order valence-corrected chi connectivity index (χ2v) is 5.97. The molecule has 0 spiro atoms. The van der Waals surface area contributed by atoms with Crippen LogP contribution in [-0.2, 0) is 12.1 Å². The minimum atomic E-state index is -0.291. The molecule has 0 bridgehead atoms. The molecule has 2 N–H and O–H groups in total. The van der Waals surface area contributed by atoms with Crippen LogP contribution in [0.15, 0.2) is 48.5 Å². The van der Waals surface area contributed by atoms with Crippen LogP contribution in [0.5, 0.6) is 11.5 Å². The standard InChI is InChI=1S/C19H23NO2/c1-21-17-11-7-10-16(19(20)12-5-6-13-19)18(17)22-14-15-8-3-2-4-9-15/h2-4,7-11H,5-6,12-14,20H2,1H3. The quantitative estimate of drug-likeness (QED) is 0.907. The zero-order valence-electron chi connectivity index (χ0n) is 13.0. The predicted molar refractivity (Wildman–Crippen MR) is 88.1 cm³/mol. The molecule has 1 saturated carbocycles. The molecule has 3 heteroatoms. The molecule has 0 amide bonds. The maximum Gasteiger partial charge on any atom is 0.166 e. The highest BCUT2D eigenvalue weighted by Gasteiger charge is 2.34. The molecule has 0 unspecified atom stereocenters. The van der Waals surface area contributed by atoms with E-state index >= 15 is 0 Å². The average Bonchev–Trinajstić information content (AvgIpc) is 3.01. The average molecular weight is 297 g/mol. The molecule has 0 saturated heterocycles. The Morgan fingerprint density at radius 2 is 1.73 bits per heavy atom. The van der Waals surface area contributed by atoms with Crippen molar-refractivity contribution in [2.45, 2.75) is 37.8 Å². The molecule has 1 fully saturated rings. The molecule has 22 heavy (non-hydrogen) atoms. The van der Waals surface area contributed by atoms with Gasteiger partial charge in [0.25, 0.3) is 0 Å². The van der Waals surface area contributed by atoms with Crippen molar-refractivity contribution >= 4 is 0 Å². The first-order valence-corrected chi connectivity index (χ1v) is 7.86. The predicted octanol–water partition coefficient (Wildman–Crippen LogP) is 4.00. The molecule has 1 aliphatic rings. The van der Waals surface area contributed by atoms with Crippen molar-refractivity contribution in [1.82, 2.24) is 0 Å². The molecule has 116 valence electrons. The zero-order valence-corrected chi connectivity index (χ0v) is 13.0. The number of rotatable bonds is 5. The van der Waals surface area contributed by atoms with E-state index in [1.54, 1.807) is 7.11 Å². The summed E-state index contributed by atoms with van der Waals surface area (Å²) in [7, 11) is 1.67. The van der Waals surface area contributed by atoms with E-state index in [2.05, 4.69) is 18.2 Å². The molecule has 0 radical (unpaired) electrons. The highest BCUT2D eigenvalue weighted by Crippen LogP contribution is 2.44. The lowest BCUT2D eigenvalue weighted by Gasteiger charge is -2.27. The fourth-order valence-electron chi connectivity index (χ4n) is 3.22. The lowest BCUT2D eigenvalue weighted by atomic mass is 9.88. The summed E-state index contributed by atoms with van der Waals surface area (Å²) >= 11 is 0. The molecule has 2 aromatic carbocycles. The van der Waals surface area contributed by atoms with E-state index in [0.717, 1.165) is 35.5 Å². The summed E-state index contributed by atoms with van der Waals surface area (Å²) in [5.74, 6) is 1.54. The Morgan fingerprint density at radius 1 is 1.00 bits per heavy atom. The molecule has 0 aliphatic heterocycles. The van der Waals surface area contributed by atoms with Gasteiger partial charge in [-0.15, -0.1) is 0 Å². The highest BCUT2D eigenvalue weighted by atomic mass is 16.5. The van der Waals surface area contributed by atoms with Crippen LogP contribution >= 0.6 is 0 Å². The van der Waals surface area contributed by atoms with Crippen LogP contribution in [0.2, 0.25) is 0 Å². The van der Waals surface area contributed by atoms with Crippen molar-refractivity contribution in [3.63, 3.8) is 0 Å². The third-order valence-corrected chi connectivity index (χ3v) is 4.46. The van der Waals surface area contributed by atoms with Crippen molar-refractivity contribution in [3.05, 3.63) is 59.7 Å². The molecule has 0 aromatic heterocycles. The second-order valence-electron chi connectivity index (χ2n) is 5.97. The molecule has 3 rings (SSSR count). The Kier molecular flexibility index (Phi) is 4.34. The van der Waals surface area contributed by atoms with Crippen LogP contribution in [0, 0.1) is 0 Å². The van der Waals surface area contributed by atoms with Crippen LogP contribution in [0.25, 0.3) is 0 Å². The van der Waals surface area contributed by atoms with E-state index in [4.69, 9.17) is 15.2 Å². The Labute approximate surface area is 132 Å². The van der Waals surface area contributed by atoms with Crippen LogP contribution in [0.1, 0.15) is 36.8 Å². The maximum atomic E-state index is 6.64. The van der Waals surface area contributed by atoms with Gasteiger partial charge < -0.3 is 15.2 Å². The maximum absolute atomic E-state index is 6.64. The van der Waals surface area contributed by atoms with Gasteiger partial charge in [-0.05, 0) is 24.5 Å². The summed E-state index contributed by atoms with van der Waals surface area (Å²) in [6.45, 7) is 0.518. The summed E-state index contributed by atoms with van der Waals surface area (Å²) in [4.78, 5) is 0. The summed E-state index contributed by atoms with van der Waals surface area (Å²) < 4.78 is 11.6. The molecule has 1 aliphatic carbocycles. The molecule has 0 heterocycles. The van der Waals surface area contributed by atoms with Crippen molar-refractivity contribution in [2.24, 2.45) is 5.73 Å². The van der Waals surface area contributed by atoms with E-state index in [0.29, 0.717) is 6.61 Å². The van der Waals surface area contributed by atoms with E-state index in [-0.39, 0.29) is 5.54 Å². The first kappa shape index (κ1) is 14.9. The summed E-state index contributed by atoms with van der Waals surface area (Å²) in [6, 6.07) is 16.2. The lowest BCUT2D eigenvalue weighted by molar-refractivity contribution is 0.272. The third-order valence-electron chi connectivity index (χ3n) is 4.46. The monoisotopic (exact) mass is 297 g/mol. The second kappa shape index (κ2) is 6.41. The molecule has 2 aromatic rings. The van der Waals surface area contributed by atoms with Crippen LogP contribution in [0.3, 0.4) is 0 Å². The van der Waals surface area contributed by atoms with E-state index < -0.39 is 0 Å². The topological polar surface area (TPSA) is 44.5 Å². The van der Waals surface area contributed by atoms with Crippen molar-refractivity contribution in [1.29, 1.82) is 0 Å². The Hall–Kier alpha value is -2.00. The number of ether oxygens (including phenoxy) is 2. The SMILES string of the molecule is COc1cccc(C2(N)CCCC2)c1OCc1ccccc1. The smallest absolute Gasteiger partial charge is 0.166 e. The minimum absolute atomic E-state index is 0.291. The highest BCUT2D eigenvalue weighted by molar-refractivity contribution is 5.50. The molecular formula is C19H23NO2.